The molecule has 0 aliphatic heterocycles. The Labute approximate surface area is 108 Å². The van der Waals surface area contributed by atoms with Crippen molar-refractivity contribution in [2.75, 3.05) is 0 Å². The molecule has 0 aliphatic rings. The molecule has 0 atom stereocenters. The number of benzene rings is 1. The third-order valence-electron chi connectivity index (χ3n) is 1.17. The maximum Gasteiger partial charge on any atom is 0.101 e. The van der Waals surface area contributed by atoms with E-state index in [1.54, 1.807) is 24.3 Å². The molecule has 0 saturated heterocycles. The second-order valence-corrected chi connectivity index (χ2v) is 1.77. The molecule has 47 valence electrons. The van der Waals surface area contributed by atoms with Gasteiger partial charge in [-0.3, -0.25) is 0 Å². The number of nitrogens with zero attached hydrogens (tertiary/aromatic N) is 2. The van der Waals surface area contributed by atoms with Crippen LogP contribution < -0.4 is 0 Å². The maximum absolute atomic E-state index is 8.45. The third kappa shape index (κ3) is 2.74. The van der Waals surface area contributed by atoms with E-state index < -0.39 is 0 Å². The Morgan fingerprint density at radius 2 is 1.27 bits per heavy atom. The van der Waals surface area contributed by atoms with Gasteiger partial charge in [0.1, 0.15) is 12.1 Å². The molecule has 0 amide bonds. The summed E-state index contributed by atoms with van der Waals surface area (Å²) < 4.78 is 0. The van der Waals surface area contributed by atoms with Gasteiger partial charge in [-0.15, -0.1) is 0 Å². The predicted molar refractivity (Wildman–Crippen MR) is 41.6 cm³/mol. The van der Waals surface area contributed by atoms with Crippen molar-refractivity contribution < 1.29 is 0 Å². The minimum Gasteiger partial charge on any atom is -0.192 e. The van der Waals surface area contributed by atoms with Crippen LogP contribution in [-0.4, -0.2) is 51.4 Å². The molecule has 0 aliphatic carbocycles. The van der Waals surface area contributed by atoms with Crippen LogP contribution in [0.1, 0.15) is 11.1 Å². The summed E-state index contributed by atoms with van der Waals surface area (Å²) in [5.74, 6) is 0. The van der Waals surface area contributed by atoms with Crippen LogP contribution in [0.25, 0.3) is 0 Å². The monoisotopic (exact) mass is 167 g/mol. The molecule has 0 aromatic heterocycles. The second-order valence-electron chi connectivity index (χ2n) is 1.77. The third-order valence-corrected chi connectivity index (χ3v) is 1.17. The largest absolute Gasteiger partial charge is 0.192 e. The summed E-state index contributed by atoms with van der Waals surface area (Å²) >= 11 is 0. The minimum atomic E-state index is 0. The summed E-state index contributed by atoms with van der Waals surface area (Å²) in [6, 6.07) is 10.6. The Kier molecular flexibility index (Phi) is 5.40. The van der Waals surface area contributed by atoms with Crippen molar-refractivity contribution in [3.8, 4) is 12.1 Å². The Balaban J connectivity index is 0.000001000. The first-order valence-corrected chi connectivity index (χ1v) is 2.77. The number of hydrogen-bond donors (Lipinski definition) is 0. The van der Waals surface area contributed by atoms with Crippen molar-refractivity contribution >= 4 is 51.4 Å². The average Bonchev–Trinajstić information content (AvgIpc) is 2.04. The van der Waals surface area contributed by atoms with Crippen LogP contribution >= 0.6 is 0 Å². The van der Waals surface area contributed by atoms with Crippen molar-refractivity contribution in [1.82, 2.24) is 0 Å². The summed E-state index contributed by atoms with van der Waals surface area (Å²) in [7, 11) is 0. The van der Waals surface area contributed by atoms with E-state index in [1.165, 1.54) is 0 Å². The smallest absolute Gasteiger partial charge is 0.101 e. The molecule has 0 N–H and O–H groups in total. The number of rotatable bonds is 0. The molecule has 0 unspecified atom stereocenters. The zero-order chi connectivity index (χ0) is 7.40. The van der Waals surface area contributed by atoms with Gasteiger partial charge >= 0.3 is 0 Å². The number of hydrogen-bond acceptors (Lipinski definition) is 2. The van der Waals surface area contributed by atoms with E-state index in [4.69, 9.17) is 10.5 Å². The Morgan fingerprint density at radius 3 is 1.55 bits per heavy atom. The second kappa shape index (κ2) is 5.48. The fraction of sp³-hybridized carbons (Fsp3) is 0. The van der Waals surface area contributed by atoms with Crippen LogP contribution in [0.5, 0.6) is 0 Å². The summed E-state index contributed by atoms with van der Waals surface area (Å²) in [4.78, 5) is 0. The summed E-state index contributed by atoms with van der Waals surface area (Å²) in [6.45, 7) is 0. The summed E-state index contributed by atoms with van der Waals surface area (Å²) in [6.07, 6.45) is 0. The van der Waals surface area contributed by atoms with E-state index >= 15 is 0 Å². The maximum atomic E-state index is 8.45. The summed E-state index contributed by atoms with van der Waals surface area (Å²) in [5, 5.41) is 16.9. The average molecular weight is 167 g/mol. The number of nitriles is 2. The van der Waals surface area contributed by atoms with Gasteiger partial charge in [0.05, 0.1) is 11.1 Å². The molecule has 1 radical (unpaired) electrons. The Morgan fingerprint density at radius 1 is 0.909 bits per heavy atom. The zero-order valence-corrected chi connectivity index (χ0v) is 9.33. The first-order valence-electron chi connectivity index (χ1n) is 2.77. The van der Waals surface area contributed by atoms with E-state index in [1.807, 2.05) is 12.1 Å². The van der Waals surface area contributed by atoms with E-state index in [0.717, 1.165) is 0 Å². The normalized spacial score (nSPS) is 7.09. The van der Waals surface area contributed by atoms with Gasteiger partial charge in [0, 0.05) is 51.4 Å². The fourth-order valence-electron chi connectivity index (χ4n) is 0.678. The molecule has 1 aromatic carbocycles. The molecule has 2 nitrogen and oxygen atoms in total. The zero-order valence-electron chi connectivity index (χ0n) is 6.20. The molecule has 3 heteroatoms. The molecule has 0 heterocycles. The van der Waals surface area contributed by atoms with Crippen molar-refractivity contribution in [3.63, 3.8) is 0 Å². The van der Waals surface area contributed by atoms with Crippen LogP contribution in [0.15, 0.2) is 24.3 Å². The molecule has 0 fully saturated rings. The van der Waals surface area contributed by atoms with Crippen LogP contribution in [0, 0.1) is 22.7 Å². The Bertz CT molecular complexity index is 287. The van der Waals surface area contributed by atoms with Crippen molar-refractivity contribution in [3.05, 3.63) is 35.4 Å². The van der Waals surface area contributed by atoms with Crippen molar-refractivity contribution in [1.29, 1.82) is 10.5 Å². The standard InChI is InChI=1S/C8H4N2.K/c9-5-7-3-1-2-4-8(7)6-10;/h1-4H;. The first-order chi connectivity index (χ1) is 4.88. The molecule has 11 heavy (non-hydrogen) atoms. The van der Waals surface area contributed by atoms with Gasteiger partial charge < -0.3 is 0 Å². The van der Waals surface area contributed by atoms with E-state index in [-0.39, 0.29) is 51.4 Å². The van der Waals surface area contributed by atoms with E-state index in [0.29, 0.717) is 11.1 Å². The van der Waals surface area contributed by atoms with Crippen molar-refractivity contribution in [2.24, 2.45) is 0 Å². The molecule has 1 rings (SSSR count). The Hall–Kier alpha value is -0.164. The molecule has 0 spiro atoms. The van der Waals surface area contributed by atoms with Crippen molar-refractivity contribution in [2.45, 2.75) is 0 Å². The van der Waals surface area contributed by atoms with Crippen LogP contribution in [0.3, 0.4) is 0 Å². The quantitative estimate of drug-likeness (QED) is 0.542. The SMILES string of the molecule is N#Cc1ccccc1C#N.[K]. The molecular weight excluding hydrogens is 163 g/mol. The topological polar surface area (TPSA) is 47.6 Å². The van der Waals surface area contributed by atoms with Crippen LogP contribution in [0.4, 0.5) is 0 Å². The van der Waals surface area contributed by atoms with Crippen LogP contribution in [-0.2, 0) is 0 Å². The van der Waals surface area contributed by atoms with Gasteiger partial charge in [-0.2, -0.15) is 10.5 Å². The van der Waals surface area contributed by atoms with E-state index in [2.05, 4.69) is 0 Å². The summed E-state index contributed by atoms with van der Waals surface area (Å²) in [5.41, 5.74) is 0.870. The predicted octanol–water partition coefficient (Wildman–Crippen LogP) is 1.05. The molecular formula is C8H4KN2. The van der Waals surface area contributed by atoms with Gasteiger partial charge in [0.25, 0.3) is 0 Å². The van der Waals surface area contributed by atoms with Gasteiger partial charge in [-0.25, -0.2) is 0 Å². The molecule has 0 saturated carbocycles. The van der Waals surface area contributed by atoms with E-state index in [9.17, 15) is 0 Å². The van der Waals surface area contributed by atoms with Gasteiger partial charge in [-0.05, 0) is 12.1 Å². The molecule has 1 aromatic rings. The fourth-order valence-corrected chi connectivity index (χ4v) is 0.678. The first kappa shape index (κ1) is 10.8. The minimum absolute atomic E-state index is 0. The molecule has 0 bridgehead atoms. The van der Waals surface area contributed by atoms with Crippen LogP contribution in [0.2, 0.25) is 0 Å². The van der Waals surface area contributed by atoms with Gasteiger partial charge in [0.2, 0.25) is 0 Å². The van der Waals surface area contributed by atoms with Gasteiger partial charge in [-0.1, -0.05) is 12.1 Å². The van der Waals surface area contributed by atoms with Gasteiger partial charge in [0.15, 0.2) is 0 Å².